The van der Waals surface area contributed by atoms with Gasteiger partial charge in [-0.1, -0.05) is 29.8 Å². The van der Waals surface area contributed by atoms with Crippen LogP contribution in [-0.4, -0.2) is 26.4 Å². The second-order valence-electron chi connectivity index (χ2n) is 7.13. The van der Waals surface area contributed by atoms with Gasteiger partial charge in [0.2, 0.25) is 0 Å². The Kier molecular flexibility index (Phi) is 4.75. The molecule has 2 aromatic carbocycles. The molecule has 3 aromatic rings. The second-order valence-corrected chi connectivity index (χ2v) is 7.13. The number of hydrogen-bond acceptors (Lipinski definition) is 2. The third kappa shape index (κ3) is 4.08. The fraction of sp³-hybridized carbons (Fsp3) is 0.273. The maximum atomic E-state index is 13.5. The predicted octanol–water partition coefficient (Wildman–Crippen LogP) is 4.18. The Balaban J connectivity index is 1.54. The molecule has 4 rings (SSSR count). The molecule has 1 fully saturated rings. The summed E-state index contributed by atoms with van der Waals surface area (Å²) >= 11 is 0. The normalized spacial score (nSPS) is 13.6. The van der Waals surface area contributed by atoms with Crippen LogP contribution in [0.4, 0.5) is 4.39 Å². The van der Waals surface area contributed by atoms with Crippen LogP contribution in [0.15, 0.2) is 60.9 Å². The highest BCUT2D eigenvalue weighted by Crippen LogP contribution is 2.29. The van der Waals surface area contributed by atoms with Crippen molar-refractivity contribution in [1.82, 2.24) is 14.5 Å². The van der Waals surface area contributed by atoms with E-state index in [1.807, 2.05) is 52.9 Å². The van der Waals surface area contributed by atoms with Crippen LogP contribution in [0.3, 0.4) is 0 Å². The molecule has 5 heteroatoms. The SMILES string of the molecule is Cc1ccc(C(=O)N(Cc2nccn2Cc2cccc(F)c2)C2CC2)cc1. The monoisotopic (exact) mass is 363 g/mol. The van der Waals surface area contributed by atoms with E-state index in [0.717, 1.165) is 29.8 Å². The first-order chi connectivity index (χ1) is 13.1. The molecule has 138 valence electrons. The number of imidazole rings is 1. The first-order valence-corrected chi connectivity index (χ1v) is 9.22. The lowest BCUT2D eigenvalue weighted by Crippen LogP contribution is -2.33. The minimum atomic E-state index is -0.247. The molecule has 1 amide bonds. The van der Waals surface area contributed by atoms with E-state index in [1.54, 1.807) is 12.3 Å². The Hall–Kier alpha value is -2.95. The van der Waals surface area contributed by atoms with Gasteiger partial charge in [0.25, 0.3) is 5.91 Å². The molecule has 0 spiro atoms. The Bertz CT molecular complexity index is 944. The molecule has 0 aliphatic heterocycles. The van der Waals surface area contributed by atoms with Crippen molar-refractivity contribution in [2.75, 3.05) is 0 Å². The van der Waals surface area contributed by atoms with Crippen LogP contribution in [0.25, 0.3) is 0 Å². The summed E-state index contributed by atoms with van der Waals surface area (Å²) in [6.07, 6.45) is 5.67. The van der Waals surface area contributed by atoms with Crippen molar-refractivity contribution >= 4 is 5.91 Å². The number of benzene rings is 2. The Labute approximate surface area is 158 Å². The molecule has 1 aromatic heterocycles. The highest BCUT2D eigenvalue weighted by atomic mass is 19.1. The van der Waals surface area contributed by atoms with Gasteiger partial charge >= 0.3 is 0 Å². The first kappa shape index (κ1) is 17.5. The zero-order valence-corrected chi connectivity index (χ0v) is 15.3. The van der Waals surface area contributed by atoms with Crippen LogP contribution in [0.2, 0.25) is 0 Å². The van der Waals surface area contributed by atoms with Gasteiger partial charge in [0.15, 0.2) is 0 Å². The molecule has 0 N–H and O–H groups in total. The number of nitrogens with zero attached hydrogens (tertiary/aromatic N) is 3. The summed E-state index contributed by atoms with van der Waals surface area (Å²) in [5, 5.41) is 0. The van der Waals surface area contributed by atoms with Crippen LogP contribution in [-0.2, 0) is 13.1 Å². The summed E-state index contributed by atoms with van der Waals surface area (Å²) in [6.45, 7) is 3.00. The van der Waals surface area contributed by atoms with E-state index in [1.165, 1.54) is 12.1 Å². The molecule has 0 atom stereocenters. The van der Waals surface area contributed by atoms with Gasteiger partial charge < -0.3 is 9.47 Å². The van der Waals surface area contributed by atoms with E-state index in [0.29, 0.717) is 18.7 Å². The Morgan fingerprint density at radius 1 is 1.22 bits per heavy atom. The van der Waals surface area contributed by atoms with Crippen molar-refractivity contribution in [1.29, 1.82) is 0 Å². The average molecular weight is 363 g/mol. The summed E-state index contributed by atoms with van der Waals surface area (Å²) in [6, 6.07) is 14.5. The number of carbonyl (C=O) groups is 1. The Morgan fingerprint density at radius 2 is 2.00 bits per heavy atom. The number of halogens is 1. The molecule has 0 saturated heterocycles. The van der Waals surface area contributed by atoms with Crippen molar-refractivity contribution in [3.8, 4) is 0 Å². The predicted molar refractivity (Wildman–Crippen MR) is 102 cm³/mol. The van der Waals surface area contributed by atoms with Crippen LogP contribution in [0.1, 0.15) is 40.2 Å². The van der Waals surface area contributed by atoms with Crippen LogP contribution >= 0.6 is 0 Å². The van der Waals surface area contributed by atoms with Gasteiger partial charge in [-0.2, -0.15) is 0 Å². The molecule has 4 nitrogen and oxygen atoms in total. The molecule has 0 radical (unpaired) electrons. The largest absolute Gasteiger partial charge is 0.329 e. The van der Waals surface area contributed by atoms with E-state index < -0.39 is 0 Å². The molecule has 1 aliphatic carbocycles. The van der Waals surface area contributed by atoms with Gasteiger partial charge in [0.1, 0.15) is 11.6 Å². The van der Waals surface area contributed by atoms with Crippen LogP contribution in [0.5, 0.6) is 0 Å². The lowest BCUT2D eigenvalue weighted by atomic mass is 10.1. The summed E-state index contributed by atoms with van der Waals surface area (Å²) in [7, 11) is 0. The van der Waals surface area contributed by atoms with Gasteiger partial charge in [0.05, 0.1) is 6.54 Å². The number of aryl methyl sites for hydroxylation is 1. The fourth-order valence-electron chi connectivity index (χ4n) is 3.23. The van der Waals surface area contributed by atoms with Crippen molar-refractivity contribution in [3.05, 3.63) is 89.3 Å². The van der Waals surface area contributed by atoms with Crippen molar-refractivity contribution in [2.45, 2.75) is 38.9 Å². The standard InChI is InChI=1S/C22H22FN3O/c1-16-5-7-18(8-6-16)22(27)26(20-9-10-20)15-21-24-11-12-25(21)14-17-3-2-4-19(23)13-17/h2-8,11-13,20H,9-10,14-15H2,1H3. The van der Waals surface area contributed by atoms with Crippen molar-refractivity contribution in [2.24, 2.45) is 0 Å². The number of aromatic nitrogens is 2. The van der Waals surface area contributed by atoms with E-state index in [-0.39, 0.29) is 17.8 Å². The first-order valence-electron chi connectivity index (χ1n) is 9.22. The van der Waals surface area contributed by atoms with Crippen molar-refractivity contribution < 1.29 is 9.18 Å². The number of amides is 1. The minimum Gasteiger partial charge on any atom is -0.329 e. The molecular weight excluding hydrogens is 341 g/mol. The lowest BCUT2D eigenvalue weighted by Gasteiger charge is -2.23. The van der Waals surface area contributed by atoms with E-state index >= 15 is 0 Å². The third-order valence-electron chi connectivity index (χ3n) is 4.90. The van der Waals surface area contributed by atoms with E-state index in [4.69, 9.17) is 0 Å². The number of hydrogen-bond donors (Lipinski definition) is 0. The maximum absolute atomic E-state index is 13.5. The Morgan fingerprint density at radius 3 is 2.70 bits per heavy atom. The minimum absolute atomic E-state index is 0.0396. The lowest BCUT2D eigenvalue weighted by molar-refractivity contribution is 0.0723. The van der Waals surface area contributed by atoms with Gasteiger partial charge in [0, 0.05) is 30.5 Å². The summed E-state index contributed by atoms with van der Waals surface area (Å²) in [5.74, 6) is 0.604. The van der Waals surface area contributed by atoms with Gasteiger partial charge in [-0.15, -0.1) is 0 Å². The molecule has 0 unspecified atom stereocenters. The molecule has 27 heavy (non-hydrogen) atoms. The quantitative estimate of drug-likeness (QED) is 0.659. The average Bonchev–Trinajstić information content (AvgIpc) is 3.41. The number of carbonyl (C=O) groups excluding carboxylic acids is 1. The van der Waals surface area contributed by atoms with Crippen molar-refractivity contribution in [3.63, 3.8) is 0 Å². The zero-order chi connectivity index (χ0) is 18.8. The van der Waals surface area contributed by atoms with Gasteiger partial charge in [-0.25, -0.2) is 9.37 Å². The van der Waals surface area contributed by atoms with Gasteiger partial charge in [-0.3, -0.25) is 4.79 Å². The van der Waals surface area contributed by atoms with Crippen LogP contribution < -0.4 is 0 Å². The molecular formula is C22H22FN3O. The highest BCUT2D eigenvalue weighted by molar-refractivity contribution is 5.94. The maximum Gasteiger partial charge on any atom is 0.254 e. The molecule has 0 bridgehead atoms. The van der Waals surface area contributed by atoms with E-state index in [9.17, 15) is 9.18 Å². The third-order valence-corrected chi connectivity index (χ3v) is 4.90. The molecule has 1 saturated carbocycles. The highest BCUT2D eigenvalue weighted by Gasteiger charge is 2.33. The van der Waals surface area contributed by atoms with Gasteiger partial charge in [-0.05, 0) is 49.6 Å². The summed E-state index contributed by atoms with van der Waals surface area (Å²) < 4.78 is 15.4. The molecule has 1 heterocycles. The summed E-state index contributed by atoms with van der Waals surface area (Å²) in [4.78, 5) is 19.4. The smallest absolute Gasteiger partial charge is 0.254 e. The topological polar surface area (TPSA) is 38.1 Å². The second kappa shape index (κ2) is 7.35. The number of rotatable bonds is 6. The van der Waals surface area contributed by atoms with E-state index in [2.05, 4.69) is 4.98 Å². The zero-order valence-electron chi connectivity index (χ0n) is 15.3. The molecule has 1 aliphatic rings. The van der Waals surface area contributed by atoms with Crippen LogP contribution in [0, 0.1) is 12.7 Å². The summed E-state index contributed by atoms with van der Waals surface area (Å²) in [5.41, 5.74) is 2.71. The fourth-order valence-corrected chi connectivity index (χ4v) is 3.23.